The van der Waals surface area contributed by atoms with Crippen LogP contribution in [0.5, 0.6) is 5.75 Å². The van der Waals surface area contributed by atoms with Gasteiger partial charge in [0.05, 0.1) is 6.61 Å². The van der Waals surface area contributed by atoms with Crippen molar-refractivity contribution < 1.29 is 4.74 Å². The predicted octanol–water partition coefficient (Wildman–Crippen LogP) is 2.67. The van der Waals surface area contributed by atoms with Gasteiger partial charge in [0.25, 0.3) is 0 Å². The molecule has 2 nitrogen and oxygen atoms in total. The van der Waals surface area contributed by atoms with Gasteiger partial charge in [-0.3, -0.25) is 0 Å². The first-order chi connectivity index (χ1) is 7.16. The maximum atomic E-state index is 5.98. The van der Waals surface area contributed by atoms with Gasteiger partial charge in [-0.2, -0.15) is 0 Å². The molecule has 1 aromatic carbocycles. The molecule has 0 aromatic heterocycles. The average molecular weight is 205 g/mol. The van der Waals surface area contributed by atoms with Gasteiger partial charge in [-0.1, -0.05) is 19.9 Å². The SMILES string of the molecule is CC(C)COc1ccc2c(c1)CC[C@H]2N. The Morgan fingerprint density at radius 3 is 3.00 bits per heavy atom. The number of nitrogens with two attached hydrogens (primary N) is 1. The molecule has 0 aliphatic heterocycles. The highest BCUT2D eigenvalue weighted by Crippen LogP contribution is 2.31. The zero-order valence-electron chi connectivity index (χ0n) is 9.49. The third-order valence-corrected chi connectivity index (χ3v) is 2.82. The number of ether oxygens (including phenoxy) is 1. The lowest BCUT2D eigenvalue weighted by Gasteiger charge is -2.10. The Kier molecular flexibility index (Phi) is 2.96. The van der Waals surface area contributed by atoms with E-state index in [0.29, 0.717) is 5.92 Å². The quantitative estimate of drug-likeness (QED) is 0.823. The molecular weight excluding hydrogens is 186 g/mol. The first kappa shape index (κ1) is 10.5. The largest absolute Gasteiger partial charge is 0.493 e. The van der Waals surface area contributed by atoms with Crippen molar-refractivity contribution in [3.63, 3.8) is 0 Å². The molecule has 0 heterocycles. The van der Waals surface area contributed by atoms with Crippen LogP contribution >= 0.6 is 0 Å². The molecule has 1 aliphatic rings. The maximum absolute atomic E-state index is 5.98. The summed E-state index contributed by atoms with van der Waals surface area (Å²) in [6, 6.07) is 6.53. The zero-order valence-corrected chi connectivity index (χ0v) is 9.49. The monoisotopic (exact) mass is 205 g/mol. The van der Waals surface area contributed by atoms with Gasteiger partial charge in [0.2, 0.25) is 0 Å². The van der Waals surface area contributed by atoms with E-state index in [1.165, 1.54) is 11.1 Å². The minimum atomic E-state index is 0.235. The van der Waals surface area contributed by atoms with Crippen molar-refractivity contribution >= 4 is 0 Å². The fraction of sp³-hybridized carbons (Fsp3) is 0.538. The van der Waals surface area contributed by atoms with Crippen LogP contribution in [0.1, 0.15) is 37.4 Å². The molecule has 0 unspecified atom stereocenters. The molecule has 0 bridgehead atoms. The highest BCUT2D eigenvalue weighted by atomic mass is 16.5. The summed E-state index contributed by atoms with van der Waals surface area (Å²) in [6.07, 6.45) is 2.17. The number of aryl methyl sites for hydroxylation is 1. The summed E-state index contributed by atoms with van der Waals surface area (Å²) in [5, 5.41) is 0. The Bertz CT molecular complexity index is 346. The van der Waals surface area contributed by atoms with E-state index in [2.05, 4.69) is 26.0 Å². The number of benzene rings is 1. The summed E-state index contributed by atoms with van der Waals surface area (Å²) in [6.45, 7) is 5.09. The van der Waals surface area contributed by atoms with Crippen LogP contribution in [0.15, 0.2) is 18.2 Å². The summed E-state index contributed by atoms with van der Waals surface area (Å²) >= 11 is 0. The molecule has 2 rings (SSSR count). The van der Waals surface area contributed by atoms with Crippen LogP contribution in [0, 0.1) is 5.92 Å². The van der Waals surface area contributed by atoms with Crippen LogP contribution in [0.4, 0.5) is 0 Å². The lowest BCUT2D eigenvalue weighted by atomic mass is 10.1. The standard InChI is InChI=1S/C13H19NO/c1-9(2)8-15-11-4-5-12-10(7-11)3-6-13(12)14/h4-5,7,9,13H,3,6,8,14H2,1-2H3/t13-/m1/s1. The number of fused-ring (bicyclic) bond motifs is 1. The molecule has 0 amide bonds. The van der Waals surface area contributed by atoms with E-state index < -0.39 is 0 Å². The van der Waals surface area contributed by atoms with Gasteiger partial charge in [-0.25, -0.2) is 0 Å². The molecule has 0 spiro atoms. The van der Waals surface area contributed by atoms with Gasteiger partial charge in [0.1, 0.15) is 5.75 Å². The number of hydrogen-bond donors (Lipinski definition) is 1. The van der Waals surface area contributed by atoms with E-state index in [4.69, 9.17) is 10.5 Å². The minimum absolute atomic E-state index is 0.235. The topological polar surface area (TPSA) is 35.2 Å². The molecule has 15 heavy (non-hydrogen) atoms. The van der Waals surface area contributed by atoms with Gasteiger partial charge in [0, 0.05) is 6.04 Å². The minimum Gasteiger partial charge on any atom is -0.493 e. The van der Waals surface area contributed by atoms with Crippen LogP contribution in [-0.2, 0) is 6.42 Å². The zero-order chi connectivity index (χ0) is 10.8. The Balaban J connectivity index is 2.09. The van der Waals surface area contributed by atoms with E-state index in [9.17, 15) is 0 Å². The van der Waals surface area contributed by atoms with Crippen molar-refractivity contribution in [2.24, 2.45) is 11.7 Å². The molecule has 1 atom stereocenters. The first-order valence-electron chi connectivity index (χ1n) is 5.68. The summed E-state index contributed by atoms with van der Waals surface area (Å²) in [4.78, 5) is 0. The van der Waals surface area contributed by atoms with Crippen molar-refractivity contribution in [1.82, 2.24) is 0 Å². The van der Waals surface area contributed by atoms with E-state index >= 15 is 0 Å². The number of hydrogen-bond acceptors (Lipinski definition) is 2. The van der Waals surface area contributed by atoms with Crippen molar-refractivity contribution in [1.29, 1.82) is 0 Å². The van der Waals surface area contributed by atoms with Crippen molar-refractivity contribution in [3.05, 3.63) is 29.3 Å². The Hall–Kier alpha value is -1.02. The smallest absolute Gasteiger partial charge is 0.119 e. The summed E-state index contributed by atoms with van der Waals surface area (Å²) < 4.78 is 5.69. The maximum Gasteiger partial charge on any atom is 0.119 e. The fourth-order valence-electron chi connectivity index (χ4n) is 1.98. The van der Waals surface area contributed by atoms with E-state index in [-0.39, 0.29) is 6.04 Å². The second kappa shape index (κ2) is 4.23. The summed E-state index contributed by atoms with van der Waals surface area (Å²) in [7, 11) is 0. The van der Waals surface area contributed by atoms with Crippen molar-refractivity contribution in [2.75, 3.05) is 6.61 Å². The Labute approximate surface area is 91.4 Å². The second-order valence-corrected chi connectivity index (χ2v) is 4.71. The van der Waals surface area contributed by atoms with Gasteiger partial charge in [-0.05, 0) is 42.0 Å². The van der Waals surface area contributed by atoms with Crippen molar-refractivity contribution in [3.8, 4) is 5.75 Å². The van der Waals surface area contributed by atoms with Crippen LogP contribution in [-0.4, -0.2) is 6.61 Å². The van der Waals surface area contributed by atoms with Crippen LogP contribution < -0.4 is 10.5 Å². The van der Waals surface area contributed by atoms with Crippen LogP contribution in [0.2, 0.25) is 0 Å². The molecule has 0 fully saturated rings. The van der Waals surface area contributed by atoms with Crippen molar-refractivity contribution in [2.45, 2.75) is 32.7 Å². The summed E-state index contributed by atoms with van der Waals surface area (Å²) in [5.41, 5.74) is 8.64. The van der Waals surface area contributed by atoms with Gasteiger partial charge >= 0.3 is 0 Å². The fourth-order valence-corrected chi connectivity index (χ4v) is 1.98. The third-order valence-electron chi connectivity index (χ3n) is 2.82. The Morgan fingerprint density at radius 1 is 1.47 bits per heavy atom. The first-order valence-corrected chi connectivity index (χ1v) is 5.68. The van der Waals surface area contributed by atoms with E-state index in [1.807, 2.05) is 6.07 Å². The molecule has 0 saturated heterocycles. The van der Waals surface area contributed by atoms with Crippen LogP contribution in [0.3, 0.4) is 0 Å². The van der Waals surface area contributed by atoms with E-state index in [0.717, 1.165) is 25.2 Å². The third kappa shape index (κ3) is 2.32. The van der Waals surface area contributed by atoms with Gasteiger partial charge in [0.15, 0.2) is 0 Å². The lowest BCUT2D eigenvalue weighted by Crippen LogP contribution is -2.06. The highest BCUT2D eigenvalue weighted by Gasteiger charge is 2.18. The molecule has 82 valence electrons. The average Bonchev–Trinajstić information content (AvgIpc) is 2.57. The van der Waals surface area contributed by atoms with E-state index in [1.54, 1.807) is 0 Å². The normalized spacial score (nSPS) is 19.3. The predicted molar refractivity (Wildman–Crippen MR) is 62.0 cm³/mol. The molecule has 0 radical (unpaired) electrons. The molecule has 2 heteroatoms. The van der Waals surface area contributed by atoms with Gasteiger partial charge in [-0.15, -0.1) is 0 Å². The number of rotatable bonds is 3. The molecule has 0 saturated carbocycles. The second-order valence-electron chi connectivity index (χ2n) is 4.71. The van der Waals surface area contributed by atoms with Gasteiger partial charge < -0.3 is 10.5 Å². The highest BCUT2D eigenvalue weighted by molar-refractivity contribution is 5.40. The molecule has 1 aromatic rings. The Morgan fingerprint density at radius 2 is 2.27 bits per heavy atom. The lowest BCUT2D eigenvalue weighted by molar-refractivity contribution is 0.271. The molecular formula is C13H19NO. The molecule has 2 N–H and O–H groups in total. The van der Waals surface area contributed by atoms with Crippen LogP contribution in [0.25, 0.3) is 0 Å². The summed E-state index contributed by atoms with van der Waals surface area (Å²) in [5.74, 6) is 1.55. The molecule has 1 aliphatic carbocycles.